The Bertz CT molecular complexity index is 995. The van der Waals surface area contributed by atoms with Gasteiger partial charge in [-0.1, -0.05) is 0 Å². The second-order valence-electron chi connectivity index (χ2n) is 5.64. The molecule has 0 radical (unpaired) electrons. The van der Waals surface area contributed by atoms with Gasteiger partial charge in [-0.05, 0) is 36.4 Å². The summed E-state index contributed by atoms with van der Waals surface area (Å²) in [7, 11) is 2.34. The van der Waals surface area contributed by atoms with E-state index in [2.05, 4.69) is 9.47 Å². The monoisotopic (exact) mass is 445 g/mol. The Morgan fingerprint density at radius 2 is 1.52 bits per heavy atom. The Kier molecular flexibility index (Phi) is 7.77. The minimum absolute atomic E-state index is 0.0157. The highest BCUT2D eigenvalue weighted by atomic mass is 19.3. The van der Waals surface area contributed by atoms with E-state index in [-0.39, 0.29) is 28.4 Å². The van der Waals surface area contributed by atoms with E-state index in [1.165, 1.54) is 13.2 Å². The van der Waals surface area contributed by atoms with E-state index in [9.17, 15) is 32.5 Å². The van der Waals surface area contributed by atoms with Crippen LogP contribution in [0.1, 0.15) is 15.9 Å². The van der Waals surface area contributed by atoms with Crippen LogP contribution in [0.3, 0.4) is 0 Å². The zero-order valence-corrected chi connectivity index (χ0v) is 16.0. The van der Waals surface area contributed by atoms with E-state index in [1.54, 1.807) is 0 Å². The predicted octanol–water partition coefficient (Wildman–Crippen LogP) is 4.71. The smallest absolute Gasteiger partial charge is 0.387 e. The highest BCUT2D eigenvalue weighted by Gasteiger charge is 2.21. The average molecular weight is 445 g/mol. The van der Waals surface area contributed by atoms with Gasteiger partial charge in [0.05, 0.1) is 30.8 Å². The summed E-state index contributed by atoms with van der Waals surface area (Å²) in [6.07, 6.45) is 2.04. The maximum Gasteiger partial charge on any atom is 0.387 e. The number of benzene rings is 2. The molecule has 166 valence electrons. The molecule has 2 rings (SSSR count). The SMILES string of the molecule is COc1cc(C(=O)/C=C/c2cc(OC)c(OC(F)F)cc2[N+](=O)[O-])ccc1OC(F)F. The Morgan fingerprint density at radius 3 is 2.06 bits per heavy atom. The second kappa shape index (κ2) is 10.3. The van der Waals surface area contributed by atoms with Crippen molar-refractivity contribution < 1.29 is 46.2 Å². The lowest BCUT2D eigenvalue weighted by Crippen LogP contribution is -2.05. The van der Waals surface area contributed by atoms with Crippen LogP contribution in [-0.4, -0.2) is 38.1 Å². The van der Waals surface area contributed by atoms with Crippen molar-refractivity contribution in [1.82, 2.24) is 0 Å². The van der Waals surface area contributed by atoms with Crippen LogP contribution in [0.4, 0.5) is 23.2 Å². The number of ether oxygens (including phenoxy) is 4. The lowest BCUT2D eigenvalue weighted by atomic mass is 10.1. The first-order chi connectivity index (χ1) is 14.7. The molecule has 0 fully saturated rings. The fraction of sp³-hybridized carbons (Fsp3) is 0.211. The molecule has 2 aromatic rings. The van der Waals surface area contributed by atoms with Crippen molar-refractivity contribution in [3.05, 3.63) is 57.6 Å². The third-order valence-corrected chi connectivity index (χ3v) is 3.80. The topological polar surface area (TPSA) is 97.1 Å². The molecule has 0 aliphatic heterocycles. The number of carbonyl (C=O) groups excluding carboxylic acids is 1. The lowest BCUT2D eigenvalue weighted by molar-refractivity contribution is -0.385. The van der Waals surface area contributed by atoms with Gasteiger partial charge >= 0.3 is 13.2 Å². The maximum atomic E-state index is 12.5. The number of nitrogens with zero attached hydrogens (tertiary/aromatic N) is 1. The van der Waals surface area contributed by atoms with Gasteiger partial charge in [0.2, 0.25) is 0 Å². The lowest BCUT2D eigenvalue weighted by Gasteiger charge is -2.11. The number of methoxy groups -OCH3 is 2. The number of nitro benzene ring substituents is 1. The van der Waals surface area contributed by atoms with Gasteiger partial charge in [0.1, 0.15) is 0 Å². The maximum absolute atomic E-state index is 12.5. The van der Waals surface area contributed by atoms with Gasteiger partial charge in [-0.15, -0.1) is 0 Å². The molecule has 8 nitrogen and oxygen atoms in total. The number of ketones is 1. The quantitative estimate of drug-likeness (QED) is 0.172. The Labute approximate surface area is 172 Å². The summed E-state index contributed by atoms with van der Waals surface area (Å²) in [6.45, 7) is -6.33. The van der Waals surface area contributed by atoms with Crippen molar-refractivity contribution in [3.8, 4) is 23.0 Å². The summed E-state index contributed by atoms with van der Waals surface area (Å²) in [5.74, 6) is -1.82. The summed E-state index contributed by atoms with van der Waals surface area (Å²) in [6, 6.07) is 5.25. The van der Waals surface area contributed by atoms with Crippen LogP contribution < -0.4 is 18.9 Å². The summed E-state index contributed by atoms with van der Waals surface area (Å²) in [5.41, 5.74) is -0.720. The van der Waals surface area contributed by atoms with Crippen LogP contribution in [0, 0.1) is 10.1 Å². The number of carbonyl (C=O) groups is 1. The van der Waals surface area contributed by atoms with Crippen LogP contribution in [-0.2, 0) is 0 Å². The highest BCUT2D eigenvalue weighted by Crippen LogP contribution is 2.36. The second-order valence-corrected chi connectivity index (χ2v) is 5.64. The summed E-state index contributed by atoms with van der Waals surface area (Å²) in [5, 5.41) is 11.3. The van der Waals surface area contributed by atoms with Crippen molar-refractivity contribution in [2.45, 2.75) is 13.2 Å². The van der Waals surface area contributed by atoms with E-state index in [4.69, 9.17) is 9.47 Å². The van der Waals surface area contributed by atoms with Gasteiger partial charge in [0.25, 0.3) is 5.69 Å². The molecular weight excluding hydrogens is 430 g/mol. The molecule has 0 N–H and O–H groups in total. The molecule has 0 aliphatic rings. The van der Waals surface area contributed by atoms with Gasteiger partial charge in [-0.2, -0.15) is 17.6 Å². The number of hydrogen-bond donors (Lipinski definition) is 0. The van der Waals surface area contributed by atoms with Crippen LogP contribution in [0.15, 0.2) is 36.4 Å². The first-order valence-corrected chi connectivity index (χ1v) is 8.32. The van der Waals surface area contributed by atoms with Crippen molar-refractivity contribution in [2.75, 3.05) is 14.2 Å². The molecule has 0 saturated carbocycles. The van der Waals surface area contributed by atoms with Crippen molar-refractivity contribution in [1.29, 1.82) is 0 Å². The van der Waals surface area contributed by atoms with Crippen molar-refractivity contribution in [3.63, 3.8) is 0 Å². The fourth-order valence-corrected chi connectivity index (χ4v) is 2.48. The Hall–Kier alpha value is -3.83. The number of alkyl halides is 4. The zero-order chi connectivity index (χ0) is 23.1. The van der Waals surface area contributed by atoms with E-state index >= 15 is 0 Å². The van der Waals surface area contributed by atoms with Gasteiger partial charge in [-0.3, -0.25) is 14.9 Å². The minimum Gasteiger partial charge on any atom is -0.493 e. The molecule has 0 amide bonds. The molecule has 0 atom stereocenters. The number of rotatable bonds is 10. The number of nitro groups is 1. The third kappa shape index (κ3) is 6.07. The standard InChI is InChI=1S/C19H15F4NO7/c1-28-15-8-11(4-6-14(15)30-18(20)21)13(25)5-3-10-7-16(29-2)17(31-19(22)23)9-12(10)24(26)27/h3-9,18-19H,1-2H3/b5-3+. The molecule has 2 aromatic carbocycles. The molecular formula is C19H15F4NO7. The molecule has 0 unspecified atom stereocenters. The molecule has 12 heteroatoms. The molecule has 0 aromatic heterocycles. The van der Waals surface area contributed by atoms with Crippen LogP contribution in [0.2, 0.25) is 0 Å². The average Bonchev–Trinajstić information content (AvgIpc) is 2.71. The van der Waals surface area contributed by atoms with E-state index in [1.807, 2.05) is 0 Å². The van der Waals surface area contributed by atoms with E-state index in [0.29, 0.717) is 0 Å². The van der Waals surface area contributed by atoms with Crippen molar-refractivity contribution >= 4 is 17.5 Å². The van der Waals surface area contributed by atoms with Crippen LogP contribution in [0.25, 0.3) is 6.08 Å². The fourth-order valence-electron chi connectivity index (χ4n) is 2.48. The number of halogens is 4. The number of allylic oxidation sites excluding steroid dienone is 1. The molecule has 31 heavy (non-hydrogen) atoms. The van der Waals surface area contributed by atoms with E-state index < -0.39 is 35.4 Å². The molecule has 0 aliphatic carbocycles. The molecule has 0 spiro atoms. The largest absolute Gasteiger partial charge is 0.493 e. The van der Waals surface area contributed by atoms with Gasteiger partial charge in [0.15, 0.2) is 28.8 Å². The summed E-state index contributed by atoms with van der Waals surface area (Å²) < 4.78 is 68.1. The predicted molar refractivity (Wildman–Crippen MR) is 99.3 cm³/mol. The van der Waals surface area contributed by atoms with Gasteiger partial charge in [-0.25, -0.2) is 0 Å². The van der Waals surface area contributed by atoms with Crippen LogP contribution >= 0.6 is 0 Å². The molecule has 0 bridgehead atoms. The van der Waals surface area contributed by atoms with Crippen LogP contribution in [0.5, 0.6) is 23.0 Å². The molecule has 0 heterocycles. The normalized spacial score (nSPS) is 11.1. The highest BCUT2D eigenvalue weighted by molar-refractivity contribution is 6.07. The Morgan fingerprint density at radius 1 is 0.935 bits per heavy atom. The van der Waals surface area contributed by atoms with E-state index in [0.717, 1.165) is 43.5 Å². The minimum atomic E-state index is -3.23. The zero-order valence-electron chi connectivity index (χ0n) is 16.0. The molecule has 0 saturated heterocycles. The summed E-state index contributed by atoms with van der Waals surface area (Å²) in [4.78, 5) is 22.9. The van der Waals surface area contributed by atoms with Gasteiger partial charge < -0.3 is 18.9 Å². The third-order valence-electron chi connectivity index (χ3n) is 3.80. The first-order valence-electron chi connectivity index (χ1n) is 8.32. The first kappa shape index (κ1) is 23.4. The number of hydrogen-bond acceptors (Lipinski definition) is 7. The van der Waals surface area contributed by atoms with Gasteiger partial charge in [0, 0.05) is 5.56 Å². The Balaban J connectivity index is 2.37. The van der Waals surface area contributed by atoms with Crippen molar-refractivity contribution in [2.24, 2.45) is 0 Å². The summed E-state index contributed by atoms with van der Waals surface area (Å²) >= 11 is 0.